The van der Waals surface area contributed by atoms with Crippen LogP contribution < -0.4 is 9.80 Å². The number of hydrogen-bond acceptors (Lipinski definition) is 5. The van der Waals surface area contributed by atoms with Gasteiger partial charge in [0.2, 0.25) is 6.08 Å². The highest BCUT2D eigenvalue weighted by atomic mass is 16.3. The Balaban J connectivity index is 1.63. The number of aromatic hydroxyl groups is 1. The number of isocyanates is 1. The Kier molecular flexibility index (Phi) is 4.08. The molecule has 0 aliphatic carbocycles. The van der Waals surface area contributed by atoms with E-state index in [1.165, 1.54) is 0 Å². The molecule has 2 aromatic carbocycles. The van der Waals surface area contributed by atoms with Crippen molar-refractivity contribution < 1.29 is 9.90 Å². The van der Waals surface area contributed by atoms with Crippen molar-refractivity contribution in [1.82, 2.24) is 0 Å². The lowest BCUT2D eigenvalue weighted by atomic mass is 10.2. The SMILES string of the molecule is O=C=Nc1ccc(N2CCN(c3ccc(O)cc3)CC2)cc1. The van der Waals surface area contributed by atoms with Gasteiger partial charge in [-0.3, -0.25) is 0 Å². The summed E-state index contributed by atoms with van der Waals surface area (Å²) in [6, 6.07) is 14.9. The fourth-order valence-electron chi connectivity index (χ4n) is 2.68. The molecule has 0 saturated carbocycles. The highest BCUT2D eigenvalue weighted by Gasteiger charge is 2.17. The number of rotatable bonds is 3. The first-order valence-electron chi connectivity index (χ1n) is 7.23. The summed E-state index contributed by atoms with van der Waals surface area (Å²) in [6.45, 7) is 3.71. The van der Waals surface area contributed by atoms with E-state index in [1.807, 2.05) is 36.4 Å². The number of aliphatic imine (C=N–C) groups is 1. The standard InChI is InChI=1S/C17H17N3O2/c21-13-18-14-1-3-15(4-2-14)19-9-11-20(12-10-19)16-5-7-17(22)8-6-16/h1-8,22H,9-12H2. The van der Waals surface area contributed by atoms with Crippen LogP contribution in [0, 0.1) is 0 Å². The monoisotopic (exact) mass is 295 g/mol. The van der Waals surface area contributed by atoms with E-state index in [9.17, 15) is 9.90 Å². The smallest absolute Gasteiger partial charge is 0.240 e. The number of phenolic OH excluding ortho intramolecular Hbond substituents is 1. The van der Waals surface area contributed by atoms with E-state index in [-0.39, 0.29) is 0 Å². The topological polar surface area (TPSA) is 56.1 Å². The van der Waals surface area contributed by atoms with Crippen LogP contribution in [0.4, 0.5) is 17.1 Å². The Bertz CT molecular complexity index is 668. The Morgan fingerprint density at radius 1 is 0.818 bits per heavy atom. The van der Waals surface area contributed by atoms with Gasteiger partial charge in [-0.05, 0) is 48.5 Å². The summed E-state index contributed by atoms with van der Waals surface area (Å²) >= 11 is 0. The van der Waals surface area contributed by atoms with Gasteiger partial charge in [-0.1, -0.05) is 0 Å². The summed E-state index contributed by atoms with van der Waals surface area (Å²) in [7, 11) is 0. The molecule has 0 radical (unpaired) electrons. The van der Waals surface area contributed by atoms with E-state index in [4.69, 9.17) is 0 Å². The molecule has 0 unspecified atom stereocenters. The van der Waals surface area contributed by atoms with E-state index in [2.05, 4.69) is 14.8 Å². The molecule has 0 spiro atoms. The van der Waals surface area contributed by atoms with Crippen LogP contribution in [0.2, 0.25) is 0 Å². The minimum atomic E-state index is 0.292. The molecular formula is C17H17N3O2. The molecule has 1 fully saturated rings. The molecule has 0 bridgehead atoms. The molecule has 1 heterocycles. The van der Waals surface area contributed by atoms with Crippen molar-refractivity contribution in [1.29, 1.82) is 0 Å². The molecule has 0 aromatic heterocycles. The first kappa shape index (κ1) is 14.2. The zero-order valence-corrected chi connectivity index (χ0v) is 12.1. The Labute approximate surface area is 129 Å². The molecular weight excluding hydrogens is 278 g/mol. The van der Waals surface area contributed by atoms with Gasteiger partial charge in [0.25, 0.3) is 0 Å². The second-order valence-corrected chi connectivity index (χ2v) is 5.21. The van der Waals surface area contributed by atoms with Crippen LogP contribution in [0.3, 0.4) is 0 Å². The second-order valence-electron chi connectivity index (χ2n) is 5.21. The average molecular weight is 295 g/mol. The summed E-state index contributed by atoms with van der Waals surface area (Å²) in [6.07, 6.45) is 1.55. The first-order chi connectivity index (χ1) is 10.8. The van der Waals surface area contributed by atoms with Gasteiger partial charge in [0, 0.05) is 37.6 Å². The minimum absolute atomic E-state index is 0.292. The normalized spacial score (nSPS) is 14.5. The van der Waals surface area contributed by atoms with Crippen molar-refractivity contribution in [3.8, 4) is 5.75 Å². The molecule has 1 saturated heterocycles. The third-order valence-electron chi connectivity index (χ3n) is 3.88. The Morgan fingerprint density at radius 2 is 1.27 bits per heavy atom. The van der Waals surface area contributed by atoms with E-state index < -0.39 is 0 Å². The summed E-state index contributed by atoms with van der Waals surface area (Å²) in [5.74, 6) is 0.292. The van der Waals surface area contributed by atoms with Crippen molar-refractivity contribution in [3.63, 3.8) is 0 Å². The van der Waals surface area contributed by atoms with Crippen LogP contribution in [-0.2, 0) is 4.79 Å². The number of piperazine rings is 1. The van der Waals surface area contributed by atoms with Gasteiger partial charge in [-0.15, -0.1) is 0 Å². The second kappa shape index (κ2) is 6.33. The van der Waals surface area contributed by atoms with Crippen molar-refractivity contribution >= 4 is 23.1 Å². The van der Waals surface area contributed by atoms with Gasteiger partial charge in [-0.25, -0.2) is 4.79 Å². The summed E-state index contributed by atoms with van der Waals surface area (Å²) in [5, 5.41) is 9.35. The van der Waals surface area contributed by atoms with Gasteiger partial charge in [0.05, 0.1) is 5.69 Å². The average Bonchev–Trinajstić information content (AvgIpc) is 2.57. The lowest BCUT2D eigenvalue weighted by molar-refractivity contribution is 0.475. The molecule has 0 amide bonds. The number of phenols is 1. The Morgan fingerprint density at radius 3 is 1.73 bits per heavy atom. The lowest BCUT2D eigenvalue weighted by Gasteiger charge is -2.37. The van der Waals surface area contributed by atoms with Gasteiger partial charge in [0.1, 0.15) is 5.75 Å². The molecule has 2 aromatic rings. The van der Waals surface area contributed by atoms with Crippen LogP contribution in [-0.4, -0.2) is 37.4 Å². The third-order valence-corrected chi connectivity index (χ3v) is 3.88. The Hall–Kier alpha value is -2.78. The third kappa shape index (κ3) is 3.10. The van der Waals surface area contributed by atoms with Gasteiger partial charge in [0.15, 0.2) is 0 Å². The maximum absolute atomic E-state index is 10.2. The van der Waals surface area contributed by atoms with Crippen LogP contribution in [0.15, 0.2) is 53.5 Å². The molecule has 1 N–H and O–H groups in total. The first-order valence-corrected chi connectivity index (χ1v) is 7.23. The van der Waals surface area contributed by atoms with Gasteiger partial charge >= 0.3 is 0 Å². The number of carbonyl (C=O) groups excluding carboxylic acids is 1. The van der Waals surface area contributed by atoms with E-state index in [0.717, 1.165) is 37.6 Å². The molecule has 5 nitrogen and oxygen atoms in total. The molecule has 0 atom stereocenters. The van der Waals surface area contributed by atoms with Crippen molar-refractivity contribution in [2.24, 2.45) is 4.99 Å². The van der Waals surface area contributed by atoms with Crippen molar-refractivity contribution in [2.75, 3.05) is 36.0 Å². The number of anilines is 2. The largest absolute Gasteiger partial charge is 0.508 e. The zero-order chi connectivity index (χ0) is 15.4. The summed E-state index contributed by atoms with van der Waals surface area (Å²) in [4.78, 5) is 18.4. The highest BCUT2D eigenvalue weighted by molar-refractivity contribution is 5.57. The van der Waals surface area contributed by atoms with Crippen LogP contribution in [0.5, 0.6) is 5.75 Å². The number of nitrogens with zero attached hydrogens (tertiary/aromatic N) is 3. The predicted octanol–water partition coefficient (Wildman–Crippen LogP) is 2.69. The van der Waals surface area contributed by atoms with E-state index >= 15 is 0 Å². The minimum Gasteiger partial charge on any atom is -0.508 e. The fourth-order valence-corrected chi connectivity index (χ4v) is 2.68. The van der Waals surface area contributed by atoms with Crippen molar-refractivity contribution in [3.05, 3.63) is 48.5 Å². The van der Waals surface area contributed by atoms with E-state index in [1.54, 1.807) is 18.2 Å². The van der Waals surface area contributed by atoms with Crippen LogP contribution in [0.25, 0.3) is 0 Å². The fraction of sp³-hybridized carbons (Fsp3) is 0.235. The van der Waals surface area contributed by atoms with Gasteiger partial charge in [-0.2, -0.15) is 4.99 Å². The maximum atomic E-state index is 10.2. The molecule has 3 rings (SSSR count). The number of hydrogen-bond donors (Lipinski definition) is 1. The van der Waals surface area contributed by atoms with Crippen LogP contribution in [0.1, 0.15) is 0 Å². The molecule has 5 heteroatoms. The zero-order valence-electron chi connectivity index (χ0n) is 12.1. The highest BCUT2D eigenvalue weighted by Crippen LogP contribution is 2.23. The summed E-state index contributed by atoms with van der Waals surface area (Å²) in [5.41, 5.74) is 2.89. The van der Waals surface area contributed by atoms with Crippen LogP contribution >= 0.6 is 0 Å². The maximum Gasteiger partial charge on any atom is 0.240 e. The van der Waals surface area contributed by atoms with Crippen molar-refractivity contribution in [2.45, 2.75) is 0 Å². The quantitative estimate of drug-likeness (QED) is 0.698. The molecule has 1 aliphatic rings. The lowest BCUT2D eigenvalue weighted by Crippen LogP contribution is -2.46. The number of benzene rings is 2. The molecule has 1 aliphatic heterocycles. The molecule has 112 valence electrons. The molecule has 22 heavy (non-hydrogen) atoms. The van der Waals surface area contributed by atoms with E-state index in [0.29, 0.717) is 11.4 Å². The van der Waals surface area contributed by atoms with Gasteiger partial charge < -0.3 is 14.9 Å². The summed E-state index contributed by atoms with van der Waals surface area (Å²) < 4.78 is 0. The predicted molar refractivity (Wildman–Crippen MR) is 86.8 cm³/mol.